The number of phenolic OH excluding ortho intramolecular Hbond substituents is 2. The van der Waals surface area contributed by atoms with E-state index in [1.165, 1.54) is 14.0 Å². The van der Waals surface area contributed by atoms with Crippen LogP contribution in [0.2, 0.25) is 0 Å². The Hall–Kier alpha value is -2.24. The molecular weight excluding hydrogens is 264 g/mol. The maximum Gasteiger partial charge on any atom is 0.345 e. The van der Waals surface area contributed by atoms with Crippen LogP contribution in [0.4, 0.5) is 0 Å². The Labute approximate surface area is 116 Å². The molecule has 6 nitrogen and oxygen atoms in total. The largest absolute Gasteiger partial charge is 0.506 e. The van der Waals surface area contributed by atoms with Gasteiger partial charge in [0.15, 0.2) is 5.78 Å². The number of ketones is 1. The summed E-state index contributed by atoms with van der Waals surface area (Å²) in [5.41, 5.74) is -0.372. The molecule has 2 N–H and O–H groups in total. The molecule has 0 radical (unpaired) electrons. The first-order valence-electron chi connectivity index (χ1n) is 6.02. The molecule has 0 bridgehead atoms. The lowest BCUT2D eigenvalue weighted by Crippen LogP contribution is -2.14. The summed E-state index contributed by atoms with van der Waals surface area (Å²) in [7, 11) is 2.43. The van der Waals surface area contributed by atoms with Crippen molar-refractivity contribution in [2.24, 2.45) is 5.92 Å². The molecule has 0 aromatic heterocycles. The van der Waals surface area contributed by atoms with Crippen molar-refractivity contribution >= 4 is 11.8 Å². The molecule has 0 aliphatic heterocycles. The van der Waals surface area contributed by atoms with E-state index >= 15 is 0 Å². The second-order valence-electron chi connectivity index (χ2n) is 4.62. The number of phenols is 2. The third-order valence-corrected chi connectivity index (χ3v) is 3.00. The molecule has 6 heteroatoms. The van der Waals surface area contributed by atoms with Gasteiger partial charge in [0.1, 0.15) is 28.4 Å². The van der Waals surface area contributed by atoms with Gasteiger partial charge in [-0.15, -0.1) is 0 Å². The topological polar surface area (TPSA) is 93.1 Å². The molecule has 1 rings (SSSR count). The van der Waals surface area contributed by atoms with Gasteiger partial charge >= 0.3 is 5.97 Å². The zero-order valence-electron chi connectivity index (χ0n) is 12.1. The molecule has 1 aromatic carbocycles. The molecule has 0 aliphatic carbocycles. The normalized spacial score (nSPS) is 10.5. The van der Waals surface area contributed by atoms with Crippen molar-refractivity contribution in [3.8, 4) is 17.2 Å². The minimum absolute atomic E-state index is 0.0475. The first kappa shape index (κ1) is 15.8. The van der Waals surface area contributed by atoms with E-state index in [1.54, 1.807) is 13.8 Å². The van der Waals surface area contributed by atoms with Crippen molar-refractivity contribution in [2.45, 2.75) is 20.8 Å². The summed E-state index contributed by atoms with van der Waals surface area (Å²) < 4.78 is 9.60. The van der Waals surface area contributed by atoms with Crippen molar-refractivity contribution in [3.05, 3.63) is 16.7 Å². The Morgan fingerprint density at radius 1 is 1.05 bits per heavy atom. The lowest BCUT2D eigenvalue weighted by Gasteiger charge is -2.18. The highest BCUT2D eigenvalue weighted by atomic mass is 16.5. The summed E-state index contributed by atoms with van der Waals surface area (Å²) >= 11 is 0. The van der Waals surface area contributed by atoms with E-state index in [0.717, 1.165) is 7.11 Å². The van der Waals surface area contributed by atoms with Crippen LogP contribution in [0.1, 0.15) is 40.1 Å². The van der Waals surface area contributed by atoms with Crippen molar-refractivity contribution in [1.82, 2.24) is 0 Å². The molecular formula is C14H18O6. The zero-order valence-corrected chi connectivity index (χ0v) is 12.1. The number of benzene rings is 1. The van der Waals surface area contributed by atoms with Crippen LogP contribution in [0.25, 0.3) is 0 Å². The summed E-state index contributed by atoms with van der Waals surface area (Å²) in [5, 5.41) is 20.1. The van der Waals surface area contributed by atoms with E-state index in [0.29, 0.717) is 0 Å². The number of esters is 1. The van der Waals surface area contributed by atoms with Gasteiger partial charge in [0.05, 0.1) is 14.2 Å². The van der Waals surface area contributed by atoms with Crippen LogP contribution >= 0.6 is 0 Å². The van der Waals surface area contributed by atoms with Gasteiger partial charge in [-0.1, -0.05) is 13.8 Å². The smallest absolute Gasteiger partial charge is 0.345 e. The fraction of sp³-hybridized carbons (Fsp3) is 0.429. The van der Waals surface area contributed by atoms with E-state index < -0.39 is 34.7 Å². The quantitative estimate of drug-likeness (QED) is 0.648. The number of hydrogen-bond acceptors (Lipinski definition) is 6. The lowest BCUT2D eigenvalue weighted by atomic mass is 9.93. The third-order valence-electron chi connectivity index (χ3n) is 3.00. The number of carbonyl (C=O) groups excluding carboxylic acids is 2. The molecule has 1 aromatic rings. The van der Waals surface area contributed by atoms with Crippen molar-refractivity contribution in [3.63, 3.8) is 0 Å². The van der Waals surface area contributed by atoms with Gasteiger partial charge < -0.3 is 19.7 Å². The fourth-order valence-corrected chi connectivity index (χ4v) is 1.90. The van der Waals surface area contributed by atoms with Crippen LogP contribution in [0.15, 0.2) is 0 Å². The molecule has 0 unspecified atom stereocenters. The fourth-order valence-electron chi connectivity index (χ4n) is 1.90. The maximum atomic E-state index is 12.2. The standard InChI is InChI=1S/C14H18O6/c1-6(2)10(15)8-12(17)9(14(18)20-5)11(16)7(3)13(8)19-4/h6,16-17H,1-5H3. The molecule has 0 saturated heterocycles. The molecule has 0 heterocycles. The molecule has 20 heavy (non-hydrogen) atoms. The Morgan fingerprint density at radius 2 is 1.60 bits per heavy atom. The van der Waals surface area contributed by atoms with E-state index in [-0.39, 0.29) is 16.9 Å². The van der Waals surface area contributed by atoms with Gasteiger partial charge in [-0.2, -0.15) is 0 Å². The van der Waals surface area contributed by atoms with Crippen LogP contribution < -0.4 is 4.74 Å². The van der Waals surface area contributed by atoms with E-state index in [2.05, 4.69) is 4.74 Å². The molecule has 0 fully saturated rings. The zero-order chi connectivity index (χ0) is 15.6. The first-order valence-corrected chi connectivity index (χ1v) is 6.02. The summed E-state index contributed by atoms with van der Waals surface area (Å²) in [6.45, 7) is 4.79. The monoisotopic (exact) mass is 282 g/mol. The number of hydrogen-bond donors (Lipinski definition) is 2. The predicted octanol–water partition coefficient (Wildman–Crippen LogP) is 2.04. The van der Waals surface area contributed by atoms with Gasteiger partial charge in [-0.05, 0) is 6.92 Å². The molecule has 110 valence electrons. The van der Waals surface area contributed by atoms with Gasteiger partial charge in [0.2, 0.25) is 0 Å². The van der Waals surface area contributed by atoms with Crippen LogP contribution in [0.3, 0.4) is 0 Å². The molecule has 0 aliphatic rings. The third kappa shape index (κ3) is 2.41. The number of aromatic hydroxyl groups is 2. The minimum atomic E-state index is -0.927. The van der Waals surface area contributed by atoms with Crippen LogP contribution in [-0.4, -0.2) is 36.2 Å². The number of ether oxygens (including phenoxy) is 2. The van der Waals surface area contributed by atoms with Gasteiger partial charge in [0.25, 0.3) is 0 Å². The Balaban J connectivity index is 3.77. The SMILES string of the molecule is COC(=O)c1c(O)c(C)c(OC)c(C(=O)C(C)C)c1O. The second-order valence-corrected chi connectivity index (χ2v) is 4.62. The van der Waals surface area contributed by atoms with Crippen LogP contribution in [-0.2, 0) is 4.74 Å². The summed E-state index contributed by atoms with van der Waals surface area (Å²) in [6.07, 6.45) is 0. The minimum Gasteiger partial charge on any atom is -0.506 e. The molecule has 0 amide bonds. The van der Waals surface area contributed by atoms with Gasteiger partial charge in [0, 0.05) is 11.5 Å². The highest BCUT2D eigenvalue weighted by Crippen LogP contribution is 2.43. The van der Waals surface area contributed by atoms with Crippen LogP contribution in [0.5, 0.6) is 17.2 Å². The lowest BCUT2D eigenvalue weighted by molar-refractivity contribution is 0.0593. The van der Waals surface area contributed by atoms with Crippen molar-refractivity contribution in [2.75, 3.05) is 14.2 Å². The molecule has 0 spiro atoms. The number of rotatable bonds is 4. The van der Waals surface area contributed by atoms with Gasteiger partial charge in [-0.3, -0.25) is 4.79 Å². The number of carbonyl (C=O) groups is 2. The van der Waals surface area contributed by atoms with E-state index in [4.69, 9.17) is 4.74 Å². The first-order chi connectivity index (χ1) is 9.27. The highest BCUT2D eigenvalue weighted by Gasteiger charge is 2.31. The van der Waals surface area contributed by atoms with E-state index in [9.17, 15) is 19.8 Å². The Kier molecular flexibility index (Phi) is 4.60. The maximum absolute atomic E-state index is 12.2. The number of Topliss-reactive ketones (excluding diaryl/α,β-unsaturated/α-hetero) is 1. The average Bonchev–Trinajstić information content (AvgIpc) is 2.41. The Bertz CT molecular complexity index is 560. The summed E-state index contributed by atoms with van der Waals surface area (Å²) in [4.78, 5) is 23.9. The van der Waals surface area contributed by atoms with E-state index in [1.807, 2.05) is 0 Å². The Morgan fingerprint density at radius 3 is 2.00 bits per heavy atom. The van der Waals surface area contributed by atoms with Crippen LogP contribution in [0, 0.1) is 12.8 Å². The highest BCUT2D eigenvalue weighted by molar-refractivity contribution is 6.08. The van der Waals surface area contributed by atoms with Crippen molar-refractivity contribution < 1.29 is 29.3 Å². The second kappa shape index (κ2) is 5.81. The molecule has 0 saturated carbocycles. The number of methoxy groups -OCH3 is 2. The average molecular weight is 282 g/mol. The van der Waals surface area contributed by atoms with Crippen molar-refractivity contribution in [1.29, 1.82) is 0 Å². The molecule has 0 atom stereocenters. The van der Waals surface area contributed by atoms with Gasteiger partial charge in [-0.25, -0.2) is 4.79 Å². The summed E-state index contributed by atoms with van der Waals surface area (Å²) in [5.74, 6) is -2.78. The summed E-state index contributed by atoms with van der Waals surface area (Å²) in [6, 6.07) is 0. The predicted molar refractivity (Wildman–Crippen MR) is 71.6 cm³/mol.